The Kier molecular flexibility index (Phi) is 16.5. The van der Waals surface area contributed by atoms with E-state index in [2.05, 4.69) is 40.3 Å². The number of nitrogens with one attached hydrogen (secondary N) is 2. The summed E-state index contributed by atoms with van der Waals surface area (Å²) in [5.74, 6) is 6.31. The summed E-state index contributed by atoms with van der Waals surface area (Å²) in [5.41, 5.74) is 11.8. The molecule has 8 N–H and O–H groups in total. The normalized spacial score (nSPS) is 20.4. The molecule has 1 aromatic rings. The van der Waals surface area contributed by atoms with Crippen molar-refractivity contribution < 1.29 is 65.4 Å². The van der Waals surface area contributed by atoms with Gasteiger partial charge in [-0.1, -0.05) is 38.5 Å². The van der Waals surface area contributed by atoms with Crippen molar-refractivity contribution in [2.45, 2.75) is 24.9 Å². The molecule has 1 aromatic heterocycles. The summed E-state index contributed by atoms with van der Waals surface area (Å²) in [6.45, 7) is -1.06. The molecular weight excluding hydrogens is 727 g/mol. The van der Waals surface area contributed by atoms with Crippen LogP contribution >= 0.6 is 45.1 Å². The minimum atomic E-state index is -5.79. The molecule has 1 aliphatic heterocycles. The average molecular weight is 756 g/mol. The number of hydrogen-bond acceptors (Lipinski definition) is 16. The van der Waals surface area contributed by atoms with Gasteiger partial charge in [-0.15, -0.1) is 0 Å². The molecule has 46 heavy (non-hydrogen) atoms. The van der Waals surface area contributed by atoms with E-state index >= 15 is 0 Å². The third-order valence-corrected chi connectivity index (χ3v) is 11.1. The average Bonchev–Trinajstić information content (AvgIpc) is 3.33. The molecule has 0 aliphatic carbocycles. The van der Waals surface area contributed by atoms with E-state index in [-0.39, 0.29) is 25.1 Å². The number of aromatic nitrogens is 2. The molecule has 0 aromatic carbocycles. The van der Waals surface area contributed by atoms with E-state index in [0.717, 1.165) is 16.5 Å². The SMILES string of the molecule is [N-]=[N+]=NCOC1C[C@H](n2cc(C#CCNC(=O)OCCSSCCN)c(=O)[nH]c2=O)O[C@@H]1COP(=O)(O)OP(=O)(O)OP(=O)(O)O. The summed E-state index contributed by atoms with van der Waals surface area (Å²) in [6.07, 6.45) is -3.65. The minimum Gasteiger partial charge on any atom is -0.449 e. The molecule has 0 radical (unpaired) electrons. The highest BCUT2D eigenvalue weighted by Gasteiger charge is 2.43. The van der Waals surface area contributed by atoms with Crippen molar-refractivity contribution in [1.82, 2.24) is 14.9 Å². The maximum Gasteiger partial charge on any atom is 0.490 e. The highest BCUT2D eigenvalue weighted by Crippen LogP contribution is 2.66. The van der Waals surface area contributed by atoms with Crippen molar-refractivity contribution in [3.8, 4) is 11.8 Å². The van der Waals surface area contributed by atoms with Crippen LogP contribution in [0.15, 0.2) is 20.9 Å². The zero-order valence-electron chi connectivity index (χ0n) is 23.2. The summed E-state index contributed by atoms with van der Waals surface area (Å²) in [4.78, 5) is 77.5. The van der Waals surface area contributed by atoms with Gasteiger partial charge < -0.3 is 44.8 Å². The standard InChI is InChI=1S/C18H28N7O16P3S2/c19-3-6-45-46-7-5-36-18(28)21-4-1-2-12-9-25(17(27)23-16(12)26)15-8-13(37-11-22-24-20)14(39-15)10-38-43(32,33)41-44(34,35)40-42(29,30)31/h9,13-15H,3-8,10-11,19H2,(H,21,28)(H,32,33)(H,34,35)(H,23,26,27)(H2,29,30,31)/t13?,14-,15-/m1/s1. The lowest BCUT2D eigenvalue weighted by molar-refractivity contribution is -0.0601. The molecule has 0 saturated carbocycles. The molecule has 2 rings (SSSR count). The number of carbonyl (C=O) groups is 1. The largest absolute Gasteiger partial charge is 0.490 e. The molecule has 1 amide bonds. The van der Waals surface area contributed by atoms with Gasteiger partial charge in [0, 0.05) is 35.6 Å². The Morgan fingerprint density at radius 1 is 1.22 bits per heavy atom. The van der Waals surface area contributed by atoms with Gasteiger partial charge in [-0.25, -0.2) is 23.3 Å². The number of phosphoric ester groups is 1. The van der Waals surface area contributed by atoms with Crippen LogP contribution in [0.3, 0.4) is 0 Å². The summed E-state index contributed by atoms with van der Waals surface area (Å²) < 4.78 is 63.2. The van der Waals surface area contributed by atoms with E-state index in [9.17, 15) is 37.9 Å². The Labute approximate surface area is 266 Å². The maximum atomic E-state index is 12.6. The number of carbonyl (C=O) groups excluding carboxylic acids is 1. The van der Waals surface area contributed by atoms with Crippen molar-refractivity contribution in [2.75, 3.05) is 44.5 Å². The van der Waals surface area contributed by atoms with Crippen molar-refractivity contribution in [3.05, 3.63) is 43.0 Å². The van der Waals surface area contributed by atoms with Crippen LogP contribution in [0.1, 0.15) is 18.2 Å². The first kappa shape index (κ1) is 40.0. The minimum absolute atomic E-state index is 0.142. The number of amides is 1. The molecule has 1 fully saturated rings. The van der Waals surface area contributed by atoms with E-state index in [4.69, 9.17) is 35.3 Å². The van der Waals surface area contributed by atoms with Crippen LogP contribution in [-0.2, 0) is 41.1 Å². The lowest BCUT2D eigenvalue weighted by Crippen LogP contribution is -2.34. The second-order valence-corrected chi connectivity index (χ2v) is 15.4. The molecule has 2 heterocycles. The predicted octanol–water partition coefficient (Wildman–Crippen LogP) is 0.238. The van der Waals surface area contributed by atoms with Crippen molar-refractivity contribution in [2.24, 2.45) is 10.8 Å². The fourth-order valence-electron chi connectivity index (χ4n) is 3.25. The lowest BCUT2D eigenvalue weighted by Gasteiger charge is -2.20. The molecule has 3 unspecified atom stereocenters. The van der Waals surface area contributed by atoms with Gasteiger partial charge in [0.25, 0.3) is 5.56 Å². The van der Waals surface area contributed by atoms with Gasteiger partial charge in [0.1, 0.15) is 31.2 Å². The van der Waals surface area contributed by atoms with Crippen molar-refractivity contribution in [3.63, 3.8) is 0 Å². The highest BCUT2D eigenvalue weighted by atomic mass is 33.1. The number of nitrogens with two attached hydrogens (primary N) is 1. The van der Waals surface area contributed by atoms with Crippen LogP contribution in [0.4, 0.5) is 4.79 Å². The number of alkyl carbamates (subject to hydrolysis) is 1. The lowest BCUT2D eigenvalue weighted by atomic mass is 10.2. The smallest absolute Gasteiger partial charge is 0.449 e. The van der Waals surface area contributed by atoms with E-state index in [1.807, 2.05) is 4.98 Å². The topological polar surface area (TPSA) is 346 Å². The van der Waals surface area contributed by atoms with Crippen LogP contribution in [0, 0.1) is 11.8 Å². The zero-order valence-corrected chi connectivity index (χ0v) is 27.5. The number of hydrogen-bond donors (Lipinski definition) is 7. The molecule has 0 bridgehead atoms. The van der Waals surface area contributed by atoms with Crippen LogP contribution in [0.2, 0.25) is 0 Å². The highest BCUT2D eigenvalue weighted by molar-refractivity contribution is 8.76. The van der Waals surface area contributed by atoms with Gasteiger partial charge in [0.15, 0.2) is 0 Å². The van der Waals surface area contributed by atoms with Crippen molar-refractivity contribution >= 4 is 51.1 Å². The van der Waals surface area contributed by atoms with E-state index in [1.165, 1.54) is 21.6 Å². The van der Waals surface area contributed by atoms with E-state index in [0.29, 0.717) is 12.3 Å². The summed E-state index contributed by atoms with van der Waals surface area (Å²) >= 11 is 0. The first-order valence-electron chi connectivity index (χ1n) is 12.3. The Bertz CT molecular complexity index is 1570. The molecule has 28 heteroatoms. The number of phosphoric acid groups is 3. The van der Waals surface area contributed by atoms with Gasteiger partial charge in [-0.3, -0.25) is 18.9 Å². The fraction of sp³-hybridized carbons (Fsp3) is 0.611. The van der Waals surface area contributed by atoms with Crippen LogP contribution < -0.4 is 22.3 Å². The number of H-pyrrole nitrogens is 1. The third kappa shape index (κ3) is 15.1. The first-order valence-corrected chi connectivity index (χ1v) is 19.3. The van der Waals surface area contributed by atoms with Gasteiger partial charge in [-0.05, 0) is 5.53 Å². The number of nitrogens with zero attached hydrogens (tertiary/aromatic N) is 4. The summed E-state index contributed by atoms with van der Waals surface area (Å²) in [6, 6.07) is 0. The summed E-state index contributed by atoms with van der Waals surface area (Å²) in [5, 5.41) is 5.55. The predicted molar refractivity (Wildman–Crippen MR) is 159 cm³/mol. The van der Waals surface area contributed by atoms with E-state index in [1.54, 1.807) is 0 Å². The van der Waals surface area contributed by atoms with Crippen LogP contribution in [0.25, 0.3) is 10.4 Å². The van der Waals surface area contributed by atoms with Crippen LogP contribution in [-0.4, -0.2) is 92.0 Å². The Balaban J connectivity index is 2.09. The second-order valence-electron chi connectivity index (χ2n) is 8.25. The number of rotatable bonds is 18. The molecule has 1 aliphatic rings. The molecule has 0 spiro atoms. The Morgan fingerprint density at radius 3 is 2.61 bits per heavy atom. The number of aromatic amines is 1. The Morgan fingerprint density at radius 2 is 1.93 bits per heavy atom. The molecule has 1 saturated heterocycles. The fourth-order valence-corrected chi connectivity index (χ4v) is 7.96. The summed E-state index contributed by atoms with van der Waals surface area (Å²) in [7, 11) is -13.9. The monoisotopic (exact) mass is 755 g/mol. The second kappa shape index (κ2) is 19.0. The van der Waals surface area contributed by atoms with Gasteiger partial charge in [0.05, 0.1) is 19.3 Å². The van der Waals surface area contributed by atoms with Crippen molar-refractivity contribution in [1.29, 1.82) is 0 Å². The molecule has 23 nitrogen and oxygen atoms in total. The number of ether oxygens (including phenoxy) is 3. The zero-order chi connectivity index (χ0) is 34.4. The van der Waals surface area contributed by atoms with Gasteiger partial charge in [0.2, 0.25) is 0 Å². The number of azide groups is 1. The maximum absolute atomic E-state index is 12.6. The molecular formula is C18H28N7O16P3S2. The van der Waals surface area contributed by atoms with Crippen LogP contribution in [0.5, 0.6) is 0 Å². The Hall–Kier alpha value is -2.19. The van der Waals surface area contributed by atoms with Gasteiger partial charge in [-0.2, -0.15) is 8.62 Å². The molecule has 258 valence electrons. The molecule has 5 atom stereocenters. The van der Waals surface area contributed by atoms with Gasteiger partial charge >= 0.3 is 35.3 Å². The van der Waals surface area contributed by atoms with E-state index < -0.39 is 72.6 Å². The first-order chi connectivity index (χ1) is 21.6. The quantitative estimate of drug-likeness (QED) is 0.0201. The third-order valence-electron chi connectivity index (χ3n) is 4.91.